The molecule has 0 radical (unpaired) electrons. The molecule has 206 valence electrons. The number of nitrogens with one attached hydrogen (secondary N) is 3. The van der Waals surface area contributed by atoms with Crippen LogP contribution in [0.5, 0.6) is 0 Å². The fraction of sp³-hybridized carbons (Fsp3) is 0.565. The summed E-state index contributed by atoms with van der Waals surface area (Å²) in [6.07, 6.45) is -6.08. The molecule has 2 aromatic rings. The Labute approximate surface area is 213 Å². The lowest BCUT2D eigenvalue weighted by Crippen LogP contribution is -2.57. The molecule has 0 bridgehead atoms. The topological polar surface area (TPSA) is 211 Å². The van der Waals surface area contributed by atoms with Crippen molar-refractivity contribution in [3.63, 3.8) is 0 Å². The Balaban J connectivity index is 1.72. The van der Waals surface area contributed by atoms with Gasteiger partial charge >= 0.3 is 13.7 Å². The number of carboxylic acid groups (broad SMARTS) is 1. The molecule has 1 aromatic carbocycles. The number of aliphatic hydroxyl groups excluding tert-OH is 3. The van der Waals surface area contributed by atoms with Gasteiger partial charge < -0.3 is 40.4 Å². The Morgan fingerprint density at radius 3 is 2.46 bits per heavy atom. The van der Waals surface area contributed by atoms with E-state index in [1.165, 1.54) is 6.92 Å². The number of hydrogen-bond acceptors (Lipinski definition) is 8. The van der Waals surface area contributed by atoms with Gasteiger partial charge in [0.25, 0.3) is 0 Å². The van der Waals surface area contributed by atoms with Gasteiger partial charge in [-0.25, -0.2) is 14.4 Å². The van der Waals surface area contributed by atoms with E-state index in [4.69, 9.17) is 9.26 Å². The van der Waals surface area contributed by atoms with E-state index in [2.05, 4.69) is 15.4 Å². The zero-order chi connectivity index (χ0) is 27.5. The maximum absolute atomic E-state index is 13.1. The van der Waals surface area contributed by atoms with Gasteiger partial charge in [0.05, 0.1) is 12.1 Å². The monoisotopic (exact) mass is 543 g/mol. The molecule has 3 rings (SSSR count). The number of aromatic amines is 1. The average molecular weight is 544 g/mol. The lowest BCUT2D eigenvalue weighted by Gasteiger charge is -2.39. The number of fused-ring (bicyclic) bond motifs is 1. The highest BCUT2D eigenvalue weighted by molar-refractivity contribution is 7.50. The number of H-pyrrole nitrogens is 1. The van der Waals surface area contributed by atoms with Crippen LogP contribution in [0.4, 0.5) is 0 Å². The molecule has 14 heteroatoms. The molecule has 13 nitrogen and oxygen atoms in total. The quantitative estimate of drug-likeness (QED) is 0.180. The minimum atomic E-state index is -4.83. The third kappa shape index (κ3) is 7.37. The number of rotatable bonds is 11. The third-order valence-electron chi connectivity index (χ3n) is 6.11. The number of amides is 1. The van der Waals surface area contributed by atoms with Crippen molar-refractivity contribution in [3.05, 3.63) is 36.0 Å². The van der Waals surface area contributed by atoms with Crippen molar-refractivity contribution >= 4 is 30.5 Å². The molecule has 1 unspecified atom stereocenters. The standard InChI is InChI=1S/C23H34N3O10P/c1-11(2)8-16(26-37(33,34)36-23-20(29)19(28)18(27)12(3)35-23)21(30)25-17(22(31)32)9-13-10-24-15-7-5-4-6-14(13)15/h4-7,10-12,16-20,23-24,27-29H,8-9H2,1-3H3,(H,25,30)(H,31,32)(H2,26,33,34)/t12-,16-,17-,18+,19+,20+,23+/m0/s1. The number of ether oxygens (including phenoxy) is 1. The molecule has 1 saturated heterocycles. The molecule has 1 aromatic heterocycles. The normalized spacial score (nSPS) is 27.5. The van der Waals surface area contributed by atoms with E-state index in [0.29, 0.717) is 5.56 Å². The summed E-state index contributed by atoms with van der Waals surface area (Å²) >= 11 is 0. The molecule has 1 fully saturated rings. The predicted octanol–water partition coefficient (Wildman–Crippen LogP) is 0.229. The van der Waals surface area contributed by atoms with Gasteiger partial charge in [-0.15, -0.1) is 0 Å². The summed E-state index contributed by atoms with van der Waals surface area (Å²) in [5.41, 5.74) is 1.48. The number of carbonyl (C=O) groups is 2. The first-order chi connectivity index (χ1) is 17.3. The van der Waals surface area contributed by atoms with Crippen LogP contribution in [0.15, 0.2) is 30.5 Å². The van der Waals surface area contributed by atoms with Gasteiger partial charge in [0, 0.05) is 23.5 Å². The molecule has 0 spiro atoms. The number of carbonyl (C=O) groups excluding carboxylic acids is 1. The van der Waals surface area contributed by atoms with E-state index in [-0.39, 0.29) is 18.8 Å². The molecule has 37 heavy (non-hydrogen) atoms. The average Bonchev–Trinajstić information content (AvgIpc) is 3.22. The number of aliphatic hydroxyl groups is 3. The lowest BCUT2D eigenvalue weighted by molar-refractivity contribution is -0.270. The minimum Gasteiger partial charge on any atom is -0.480 e. The molecule has 1 amide bonds. The molecular weight excluding hydrogens is 509 g/mol. The van der Waals surface area contributed by atoms with Crippen LogP contribution in [0.3, 0.4) is 0 Å². The predicted molar refractivity (Wildman–Crippen MR) is 131 cm³/mol. The fourth-order valence-corrected chi connectivity index (χ4v) is 5.28. The summed E-state index contributed by atoms with van der Waals surface area (Å²) in [6, 6.07) is 4.63. The van der Waals surface area contributed by atoms with Crippen molar-refractivity contribution in [2.75, 3.05) is 0 Å². The van der Waals surface area contributed by atoms with Crippen LogP contribution in [-0.2, 0) is 29.8 Å². The van der Waals surface area contributed by atoms with Crippen molar-refractivity contribution < 1.29 is 48.7 Å². The summed E-state index contributed by atoms with van der Waals surface area (Å²) < 4.78 is 23.0. The van der Waals surface area contributed by atoms with E-state index in [0.717, 1.165) is 10.9 Å². The Bertz CT molecular complexity index is 1140. The van der Waals surface area contributed by atoms with Gasteiger partial charge in [-0.2, -0.15) is 0 Å². The van der Waals surface area contributed by atoms with E-state index >= 15 is 0 Å². The maximum atomic E-state index is 13.1. The van der Waals surface area contributed by atoms with Crippen molar-refractivity contribution in [1.82, 2.24) is 15.4 Å². The highest BCUT2D eigenvalue weighted by atomic mass is 31.2. The SMILES string of the molecule is CC(C)C[C@H](NP(=O)(O)O[C@H]1O[C@@H](C)[C@@H](O)[C@@H](O)[C@H]1O)C(=O)N[C@@H](Cc1c[nH]c2ccccc12)C(=O)O. The van der Waals surface area contributed by atoms with Crippen molar-refractivity contribution in [1.29, 1.82) is 0 Å². The molecular formula is C23H34N3O10P. The largest absolute Gasteiger partial charge is 0.480 e. The van der Waals surface area contributed by atoms with Crippen LogP contribution < -0.4 is 10.4 Å². The van der Waals surface area contributed by atoms with Crippen molar-refractivity contribution in [2.45, 2.75) is 76.4 Å². The summed E-state index contributed by atoms with van der Waals surface area (Å²) in [5.74, 6) is -2.27. The lowest BCUT2D eigenvalue weighted by atomic mass is 10.0. The van der Waals surface area contributed by atoms with Gasteiger partial charge in [-0.1, -0.05) is 32.0 Å². The zero-order valence-corrected chi connectivity index (χ0v) is 21.5. The first kappa shape index (κ1) is 29.2. The Morgan fingerprint density at radius 1 is 1.14 bits per heavy atom. The van der Waals surface area contributed by atoms with Crippen molar-refractivity contribution in [2.24, 2.45) is 5.92 Å². The van der Waals surface area contributed by atoms with E-state index in [1.807, 2.05) is 24.3 Å². The van der Waals surface area contributed by atoms with Crippen LogP contribution in [0, 0.1) is 5.92 Å². The number of para-hydroxylation sites is 1. The second kappa shape index (κ2) is 12.0. The van der Waals surface area contributed by atoms with Gasteiger partial charge in [0.1, 0.15) is 24.4 Å². The highest BCUT2D eigenvalue weighted by Gasteiger charge is 2.45. The van der Waals surface area contributed by atoms with Gasteiger partial charge in [-0.05, 0) is 30.9 Å². The zero-order valence-electron chi connectivity index (χ0n) is 20.6. The second-order valence-electron chi connectivity index (χ2n) is 9.58. The van der Waals surface area contributed by atoms with Gasteiger partial charge in [-0.3, -0.25) is 9.32 Å². The first-order valence-electron chi connectivity index (χ1n) is 11.9. The Kier molecular flexibility index (Phi) is 9.48. The molecule has 8 atom stereocenters. The molecule has 1 aliphatic heterocycles. The summed E-state index contributed by atoms with van der Waals surface area (Å²) in [5, 5.41) is 45.0. The van der Waals surface area contributed by atoms with Crippen LogP contribution >= 0.6 is 7.75 Å². The van der Waals surface area contributed by atoms with Crippen LogP contribution in [0.1, 0.15) is 32.8 Å². The van der Waals surface area contributed by atoms with Crippen LogP contribution in [-0.4, -0.2) is 85.0 Å². The van der Waals surface area contributed by atoms with Crippen molar-refractivity contribution in [3.8, 4) is 0 Å². The maximum Gasteiger partial charge on any atom is 0.406 e. The number of aliphatic carboxylic acids is 1. The second-order valence-corrected chi connectivity index (χ2v) is 11.1. The molecule has 0 saturated carbocycles. The smallest absolute Gasteiger partial charge is 0.406 e. The Hall–Kier alpha value is -2.35. The van der Waals surface area contributed by atoms with E-state index in [1.54, 1.807) is 20.0 Å². The van der Waals surface area contributed by atoms with Gasteiger partial charge in [0.15, 0.2) is 6.29 Å². The molecule has 1 aliphatic rings. The summed E-state index contributed by atoms with van der Waals surface area (Å²) in [6.45, 7) is 4.90. The fourth-order valence-electron chi connectivity index (χ4n) is 4.15. The number of aromatic nitrogens is 1. The highest BCUT2D eigenvalue weighted by Crippen LogP contribution is 2.42. The minimum absolute atomic E-state index is 0.0347. The van der Waals surface area contributed by atoms with E-state index < -0.39 is 62.4 Å². The van der Waals surface area contributed by atoms with Gasteiger partial charge in [0.2, 0.25) is 5.91 Å². The molecule has 8 N–H and O–H groups in total. The summed E-state index contributed by atoms with van der Waals surface area (Å²) in [7, 11) is -4.83. The number of benzene rings is 1. The first-order valence-corrected chi connectivity index (χ1v) is 13.4. The molecule has 2 heterocycles. The number of hydrogen-bond donors (Lipinski definition) is 8. The van der Waals surface area contributed by atoms with Crippen LogP contribution in [0.25, 0.3) is 10.9 Å². The van der Waals surface area contributed by atoms with E-state index in [9.17, 15) is 39.5 Å². The number of carboxylic acids is 1. The third-order valence-corrected chi connectivity index (χ3v) is 7.24. The summed E-state index contributed by atoms with van der Waals surface area (Å²) in [4.78, 5) is 38.5. The molecule has 0 aliphatic carbocycles. The Morgan fingerprint density at radius 2 is 1.81 bits per heavy atom. The van der Waals surface area contributed by atoms with Crippen LogP contribution in [0.2, 0.25) is 0 Å².